The number of aliphatic hydroxyl groups is 1. The Bertz CT molecular complexity index is 617. The van der Waals surface area contributed by atoms with Gasteiger partial charge in [0.1, 0.15) is 12.4 Å². The summed E-state index contributed by atoms with van der Waals surface area (Å²) >= 11 is 1.57. The van der Waals surface area contributed by atoms with Crippen molar-refractivity contribution >= 4 is 11.3 Å². The second-order valence-corrected chi connectivity index (χ2v) is 5.13. The molecule has 0 atom stereocenters. The Morgan fingerprint density at radius 2 is 2.25 bits per heavy atom. The highest BCUT2D eigenvalue weighted by molar-refractivity contribution is 7.07. The summed E-state index contributed by atoms with van der Waals surface area (Å²) < 4.78 is 13.3. The normalized spacial score (nSPS) is 10.4. The van der Waals surface area contributed by atoms with Gasteiger partial charge in [-0.2, -0.15) is 0 Å². The topological polar surface area (TPSA) is 36.4 Å². The minimum atomic E-state index is -0.321. The number of aliphatic hydroxyl groups excluding tert-OH is 1. The van der Waals surface area contributed by atoms with Gasteiger partial charge in [0, 0.05) is 24.0 Å². The average Bonchev–Trinajstić information content (AvgIpc) is 2.91. The third kappa shape index (κ3) is 4.14. The first-order valence-corrected chi connectivity index (χ1v) is 7.07. The summed E-state index contributed by atoms with van der Waals surface area (Å²) in [5.74, 6) is 5.03. The lowest BCUT2D eigenvalue weighted by Crippen LogP contribution is -2.18. The zero-order valence-electron chi connectivity index (χ0n) is 11.1. The Morgan fingerprint density at radius 1 is 1.40 bits per heavy atom. The highest BCUT2D eigenvalue weighted by Crippen LogP contribution is 2.14. The molecule has 2 aromatic rings. The Labute approximate surface area is 121 Å². The fraction of sp³-hybridized carbons (Fsp3) is 0.267. The molecule has 0 bridgehead atoms. The van der Waals surface area contributed by atoms with Crippen LogP contribution in [0.4, 0.5) is 4.39 Å². The summed E-state index contributed by atoms with van der Waals surface area (Å²) in [5.41, 5.74) is 4.37. The SMILES string of the molecule is CN(Cc1cscn1)Cc1ccc(F)cc1C#CCO. The van der Waals surface area contributed by atoms with Gasteiger partial charge in [-0.3, -0.25) is 4.90 Å². The fourth-order valence-corrected chi connectivity index (χ4v) is 2.43. The van der Waals surface area contributed by atoms with Gasteiger partial charge < -0.3 is 5.11 Å². The van der Waals surface area contributed by atoms with Crippen LogP contribution in [0, 0.1) is 17.7 Å². The number of thiazole rings is 1. The number of aromatic nitrogens is 1. The molecule has 5 heteroatoms. The molecule has 3 nitrogen and oxygen atoms in total. The predicted octanol–water partition coefficient (Wildman–Crippen LogP) is 2.26. The smallest absolute Gasteiger partial charge is 0.124 e. The van der Waals surface area contributed by atoms with E-state index in [2.05, 4.69) is 21.7 Å². The monoisotopic (exact) mass is 290 g/mol. The molecule has 0 aliphatic heterocycles. The molecule has 1 aromatic heterocycles. The molecule has 0 saturated carbocycles. The van der Waals surface area contributed by atoms with E-state index in [1.807, 2.05) is 12.4 Å². The molecule has 0 amide bonds. The van der Waals surface area contributed by atoms with Crippen LogP contribution in [0.2, 0.25) is 0 Å². The Hall–Kier alpha value is -1.74. The summed E-state index contributed by atoms with van der Waals surface area (Å²) in [6.45, 7) is 1.14. The molecule has 0 spiro atoms. The molecule has 0 saturated heterocycles. The molecule has 0 aliphatic carbocycles. The van der Waals surface area contributed by atoms with Crippen LogP contribution in [-0.4, -0.2) is 28.6 Å². The van der Waals surface area contributed by atoms with Gasteiger partial charge in [-0.05, 0) is 24.7 Å². The summed E-state index contributed by atoms with van der Waals surface area (Å²) in [7, 11) is 1.98. The quantitative estimate of drug-likeness (QED) is 0.878. The number of hydrogen-bond acceptors (Lipinski definition) is 4. The van der Waals surface area contributed by atoms with E-state index in [1.54, 1.807) is 22.9 Å². The van der Waals surface area contributed by atoms with Crippen LogP contribution in [0.1, 0.15) is 16.8 Å². The second kappa shape index (κ2) is 7.15. The van der Waals surface area contributed by atoms with Crippen molar-refractivity contribution < 1.29 is 9.50 Å². The number of nitrogens with zero attached hydrogens (tertiary/aromatic N) is 2. The first-order chi connectivity index (χ1) is 9.69. The largest absolute Gasteiger partial charge is 0.384 e. The van der Waals surface area contributed by atoms with Crippen LogP contribution in [0.25, 0.3) is 0 Å². The van der Waals surface area contributed by atoms with Crippen LogP contribution in [0.5, 0.6) is 0 Å². The van der Waals surface area contributed by atoms with E-state index >= 15 is 0 Å². The highest BCUT2D eigenvalue weighted by Gasteiger charge is 2.07. The van der Waals surface area contributed by atoms with E-state index in [9.17, 15) is 4.39 Å². The Kier molecular flexibility index (Phi) is 5.24. The van der Waals surface area contributed by atoms with Crippen LogP contribution >= 0.6 is 11.3 Å². The predicted molar refractivity (Wildman–Crippen MR) is 77.6 cm³/mol. The van der Waals surface area contributed by atoms with E-state index in [0.717, 1.165) is 17.8 Å². The van der Waals surface area contributed by atoms with E-state index in [1.165, 1.54) is 12.1 Å². The van der Waals surface area contributed by atoms with E-state index in [0.29, 0.717) is 12.1 Å². The minimum absolute atomic E-state index is 0.232. The molecule has 2 rings (SSSR count). The standard InChI is InChI=1S/C15H15FN2OS/c1-18(9-15-10-20-11-17-15)8-13-4-5-14(16)7-12(13)3-2-6-19/h4-5,7,10-11,19H,6,8-9H2,1H3. The number of benzene rings is 1. The summed E-state index contributed by atoms with van der Waals surface area (Å²) in [6, 6.07) is 4.55. The van der Waals surface area contributed by atoms with Crippen molar-refractivity contribution in [3.8, 4) is 11.8 Å². The van der Waals surface area contributed by atoms with Crippen molar-refractivity contribution in [1.29, 1.82) is 0 Å². The molecule has 0 radical (unpaired) electrons. The van der Waals surface area contributed by atoms with Crippen molar-refractivity contribution in [2.75, 3.05) is 13.7 Å². The van der Waals surface area contributed by atoms with Gasteiger partial charge in [-0.25, -0.2) is 9.37 Å². The molecule has 104 valence electrons. The molecule has 20 heavy (non-hydrogen) atoms. The van der Waals surface area contributed by atoms with Gasteiger partial charge in [-0.1, -0.05) is 17.9 Å². The lowest BCUT2D eigenvalue weighted by atomic mass is 10.1. The van der Waals surface area contributed by atoms with Crippen LogP contribution in [0.3, 0.4) is 0 Å². The van der Waals surface area contributed by atoms with Crippen LogP contribution in [0.15, 0.2) is 29.1 Å². The summed E-state index contributed by atoms with van der Waals surface area (Å²) in [6.07, 6.45) is 0. The zero-order chi connectivity index (χ0) is 14.4. The lowest BCUT2D eigenvalue weighted by Gasteiger charge is -2.16. The average molecular weight is 290 g/mol. The van der Waals surface area contributed by atoms with Gasteiger partial charge in [0.2, 0.25) is 0 Å². The molecule has 1 N–H and O–H groups in total. The third-order valence-electron chi connectivity index (χ3n) is 2.73. The lowest BCUT2D eigenvalue weighted by molar-refractivity contribution is 0.315. The Morgan fingerprint density at radius 3 is 2.95 bits per heavy atom. The second-order valence-electron chi connectivity index (χ2n) is 4.41. The zero-order valence-corrected chi connectivity index (χ0v) is 12.0. The summed E-state index contributed by atoms with van der Waals surface area (Å²) in [5, 5.41) is 10.8. The summed E-state index contributed by atoms with van der Waals surface area (Å²) in [4.78, 5) is 6.33. The fourth-order valence-electron chi connectivity index (χ4n) is 1.88. The molecule has 1 aromatic carbocycles. The first kappa shape index (κ1) is 14.7. The maximum atomic E-state index is 13.3. The van der Waals surface area contributed by atoms with E-state index < -0.39 is 0 Å². The molecule has 1 heterocycles. The van der Waals surface area contributed by atoms with E-state index in [4.69, 9.17) is 5.11 Å². The van der Waals surface area contributed by atoms with Crippen LogP contribution < -0.4 is 0 Å². The number of hydrogen-bond donors (Lipinski definition) is 1. The van der Waals surface area contributed by atoms with Gasteiger partial charge in [0.05, 0.1) is 11.2 Å². The number of halogens is 1. The van der Waals surface area contributed by atoms with Gasteiger partial charge in [0.15, 0.2) is 0 Å². The molecular weight excluding hydrogens is 275 g/mol. The van der Waals surface area contributed by atoms with Crippen molar-refractivity contribution in [3.63, 3.8) is 0 Å². The molecule has 0 unspecified atom stereocenters. The maximum Gasteiger partial charge on any atom is 0.124 e. The maximum absolute atomic E-state index is 13.3. The van der Waals surface area contributed by atoms with Gasteiger partial charge >= 0.3 is 0 Å². The van der Waals surface area contributed by atoms with Crippen molar-refractivity contribution in [1.82, 2.24) is 9.88 Å². The number of rotatable bonds is 4. The highest BCUT2D eigenvalue weighted by atomic mass is 32.1. The van der Waals surface area contributed by atoms with Gasteiger partial charge in [-0.15, -0.1) is 11.3 Å². The molecular formula is C15H15FN2OS. The third-order valence-corrected chi connectivity index (χ3v) is 3.36. The van der Waals surface area contributed by atoms with Crippen molar-refractivity contribution in [2.45, 2.75) is 13.1 Å². The van der Waals surface area contributed by atoms with E-state index in [-0.39, 0.29) is 12.4 Å². The van der Waals surface area contributed by atoms with Crippen LogP contribution in [-0.2, 0) is 13.1 Å². The van der Waals surface area contributed by atoms with Crippen molar-refractivity contribution in [2.24, 2.45) is 0 Å². The van der Waals surface area contributed by atoms with Gasteiger partial charge in [0.25, 0.3) is 0 Å². The Balaban J connectivity index is 2.11. The molecule has 0 fully saturated rings. The minimum Gasteiger partial charge on any atom is -0.384 e. The first-order valence-electron chi connectivity index (χ1n) is 6.13. The molecule has 0 aliphatic rings. The van der Waals surface area contributed by atoms with Crippen molar-refractivity contribution in [3.05, 3.63) is 51.7 Å².